The molecule has 0 saturated carbocycles. The minimum absolute atomic E-state index is 0.765. The summed E-state index contributed by atoms with van der Waals surface area (Å²) in [7, 11) is 0. The highest BCUT2D eigenvalue weighted by atomic mass is 32.1. The largest absolute Gasteiger partial charge is 0.492 e. The van der Waals surface area contributed by atoms with Crippen molar-refractivity contribution >= 4 is 21.4 Å². The highest BCUT2D eigenvalue weighted by Gasteiger charge is 2.16. The molecule has 186 valence electrons. The number of rotatable bonds is 9. The van der Waals surface area contributed by atoms with E-state index in [1.54, 1.807) is 0 Å². The zero-order chi connectivity index (χ0) is 24.2. The van der Waals surface area contributed by atoms with Crippen molar-refractivity contribution in [3.8, 4) is 16.2 Å². The summed E-state index contributed by atoms with van der Waals surface area (Å²) in [6.07, 6.45) is 6.30. The molecule has 0 unspecified atom stereocenters. The topological polar surface area (TPSA) is 15.7 Å². The number of hydrogen-bond donors (Lipinski definition) is 0. The summed E-state index contributed by atoms with van der Waals surface area (Å²) in [5.41, 5.74) is 5.53. The Balaban J connectivity index is 1.19. The van der Waals surface area contributed by atoms with E-state index in [2.05, 4.69) is 82.6 Å². The van der Waals surface area contributed by atoms with Crippen LogP contribution in [0.2, 0.25) is 0 Å². The molecule has 1 aromatic heterocycles. The normalized spacial score (nSPS) is 16.8. The van der Waals surface area contributed by atoms with Crippen LogP contribution in [0.4, 0.5) is 0 Å². The second-order valence-electron chi connectivity index (χ2n) is 10.3. The van der Waals surface area contributed by atoms with Gasteiger partial charge in [0.05, 0.1) is 0 Å². The summed E-state index contributed by atoms with van der Waals surface area (Å²) < 4.78 is 7.42. The van der Waals surface area contributed by atoms with Gasteiger partial charge in [-0.3, -0.25) is 9.80 Å². The summed E-state index contributed by atoms with van der Waals surface area (Å²) in [5.74, 6) is 0.967. The number of benzene rings is 3. The van der Waals surface area contributed by atoms with Gasteiger partial charge in [0, 0.05) is 22.7 Å². The Morgan fingerprint density at radius 2 is 1.36 bits per heavy atom. The standard InChI is InChI=1S/C32H36N2OS/c1-2-8-31-29(7-1)30(23-25-9-11-26(12-10-25)24-34-19-5-6-20-34)32(36-31)27-13-15-28(16-14-27)35-22-21-33-17-3-4-18-33/h1-2,7-16H,3-6,17-24H2. The van der Waals surface area contributed by atoms with E-state index in [0.29, 0.717) is 0 Å². The van der Waals surface area contributed by atoms with Crippen molar-refractivity contribution in [1.29, 1.82) is 0 Å². The zero-order valence-electron chi connectivity index (χ0n) is 21.1. The maximum absolute atomic E-state index is 6.06. The van der Waals surface area contributed by atoms with Crippen molar-refractivity contribution < 1.29 is 4.74 Å². The number of thiophene rings is 1. The fourth-order valence-electron chi connectivity index (χ4n) is 5.67. The molecule has 2 saturated heterocycles. The fraction of sp³-hybridized carbons (Fsp3) is 0.375. The molecule has 3 aromatic carbocycles. The van der Waals surface area contributed by atoms with Crippen molar-refractivity contribution in [2.75, 3.05) is 39.3 Å². The molecule has 3 nitrogen and oxygen atoms in total. The first kappa shape index (κ1) is 23.7. The minimum Gasteiger partial charge on any atom is -0.492 e. The molecule has 36 heavy (non-hydrogen) atoms. The highest BCUT2D eigenvalue weighted by Crippen LogP contribution is 2.40. The number of hydrogen-bond acceptors (Lipinski definition) is 4. The van der Waals surface area contributed by atoms with Crippen molar-refractivity contribution in [3.05, 3.63) is 89.5 Å². The molecule has 2 fully saturated rings. The van der Waals surface area contributed by atoms with Gasteiger partial charge >= 0.3 is 0 Å². The average molecular weight is 497 g/mol. The predicted molar refractivity (Wildman–Crippen MR) is 152 cm³/mol. The number of likely N-dealkylation sites (tertiary alicyclic amines) is 2. The van der Waals surface area contributed by atoms with E-state index in [0.717, 1.165) is 31.9 Å². The Morgan fingerprint density at radius 3 is 2.11 bits per heavy atom. The van der Waals surface area contributed by atoms with E-state index < -0.39 is 0 Å². The van der Waals surface area contributed by atoms with Crippen LogP contribution in [0.1, 0.15) is 42.4 Å². The highest BCUT2D eigenvalue weighted by molar-refractivity contribution is 7.22. The monoisotopic (exact) mass is 496 g/mol. The quantitative estimate of drug-likeness (QED) is 0.243. The molecule has 6 rings (SSSR count). The van der Waals surface area contributed by atoms with Crippen LogP contribution >= 0.6 is 11.3 Å². The Kier molecular flexibility index (Phi) is 7.36. The van der Waals surface area contributed by atoms with Gasteiger partial charge in [0.25, 0.3) is 0 Å². The Hall–Kier alpha value is -2.66. The van der Waals surface area contributed by atoms with E-state index in [4.69, 9.17) is 4.74 Å². The van der Waals surface area contributed by atoms with Gasteiger partial charge in [-0.15, -0.1) is 11.3 Å². The van der Waals surface area contributed by atoms with Gasteiger partial charge in [-0.2, -0.15) is 0 Å². The first-order valence-electron chi connectivity index (χ1n) is 13.6. The smallest absolute Gasteiger partial charge is 0.119 e. The van der Waals surface area contributed by atoms with Crippen LogP contribution in [0.5, 0.6) is 5.75 Å². The van der Waals surface area contributed by atoms with Gasteiger partial charge in [0.15, 0.2) is 0 Å². The Bertz CT molecular complexity index is 1270. The van der Waals surface area contributed by atoms with Gasteiger partial charge in [-0.25, -0.2) is 0 Å². The van der Waals surface area contributed by atoms with Gasteiger partial charge in [-0.1, -0.05) is 42.5 Å². The molecular formula is C32H36N2OS. The molecular weight excluding hydrogens is 460 g/mol. The summed E-state index contributed by atoms with van der Waals surface area (Å²) in [6, 6.07) is 26.9. The van der Waals surface area contributed by atoms with Crippen LogP contribution in [0.25, 0.3) is 20.5 Å². The van der Waals surface area contributed by atoms with Crippen LogP contribution in [-0.4, -0.2) is 49.1 Å². The summed E-state index contributed by atoms with van der Waals surface area (Å²) in [4.78, 5) is 6.44. The lowest BCUT2D eigenvalue weighted by Crippen LogP contribution is -2.25. The van der Waals surface area contributed by atoms with E-state index in [1.807, 2.05) is 11.3 Å². The Labute approximate surface area is 219 Å². The molecule has 0 bridgehead atoms. The minimum atomic E-state index is 0.765. The first-order valence-corrected chi connectivity index (χ1v) is 14.4. The van der Waals surface area contributed by atoms with Crippen molar-refractivity contribution in [2.45, 2.75) is 38.6 Å². The molecule has 4 aromatic rings. The lowest BCUT2D eigenvalue weighted by Gasteiger charge is -2.15. The third-order valence-electron chi connectivity index (χ3n) is 7.70. The average Bonchev–Trinajstić information content (AvgIpc) is 3.68. The van der Waals surface area contributed by atoms with Crippen molar-refractivity contribution in [1.82, 2.24) is 9.80 Å². The first-order chi connectivity index (χ1) is 17.8. The lowest BCUT2D eigenvalue weighted by atomic mass is 9.98. The molecule has 0 N–H and O–H groups in total. The van der Waals surface area contributed by atoms with Crippen LogP contribution < -0.4 is 4.74 Å². The van der Waals surface area contributed by atoms with Crippen molar-refractivity contribution in [3.63, 3.8) is 0 Å². The molecule has 0 spiro atoms. The molecule has 3 heterocycles. The molecule has 4 heteroatoms. The second-order valence-corrected chi connectivity index (χ2v) is 11.4. The third-order valence-corrected chi connectivity index (χ3v) is 8.96. The van der Waals surface area contributed by atoms with E-state index in [1.165, 1.54) is 89.1 Å². The summed E-state index contributed by atoms with van der Waals surface area (Å²) >= 11 is 1.91. The maximum Gasteiger partial charge on any atom is 0.119 e. The van der Waals surface area contributed by atoms with E-state index in [-0.39, 0.29) is 0 Å². The summed E-state index contributed by atoms with van der Waals surface area (Å²) in [6.45, 7) is 7.80. The van der Waals surface area contributed by atoms with Gasteiger partial charge < -0.3 is 4.74 Å². The Morgan fingerprint density at radius 1 is 0.694 bits per heavy atom. The number of fused-ring (bicyclic) bond motifs is 1. The van der Waals surface area contributed by atoms with Gasteiger partial charge in [0.2, 0.25) is 0 Å². The van der Waals surface area contributed by atoms with E-state index in [9.17, 15) is 0 Å². The number of nitrogens with zero attached hydrogens (tertiary/aromatic N) is 2. The van der Waals surface area contributed by atoms with Gasteiger partial charge in [0.1, 0.15) is 12.4 Å². The number of ether oxygens (including phenoxy) is 1. The van der Waals surface area contributed by atoms with Crippen LogP contribution in [0.15, 0.2) is 72.8 Å². The SMILES string of the molecule is c1ccc2c(Cc3ccc(CN4CCCC4)cc3)c(-c3ccc(OCCN4CCCC4)cc3)sc2c1. The lowest BCUT2D eigenvalue weighted by molar-refractivity contribution is 0.238. The maximum atomic E-state index is 6.06. The van der Waals surface area contributed by atoms with Crippen LogP contribution in [0, 0.1) is 0 Å². The molecule has 0 aliphatic carbocycles. The van der Waals surface area contributed by atoms with Crippen LogP contribution in [-0.2, 0) is 13.0 Å². The molecule has 0 radical (unpaired) electrons. The van der Waals surface area contributed by atoms with Crippen molar-refractivity contribution in [2.24, 2.45) is 0 Å². The van der Waals surface area contributed by atoms with Gasteiger partial charge in [-0.05, 0) is 116 Å². The molecule has 0 amide bonds. The summed E-state index contributed by atoms with van der Waals surface area (Å²) in [5, 5.41) is 1.38. The molecule has 2 aliphatic rings. The molecule has 0 atom stereocenters. The second kappa shape index (κ2) is 11.2. The fourth-order valence-corrected chi connectivity index (χ4v) is 6.90. The van der Waals surface area contributed by atoms with E-state index >= 15 is 0 Å². The van der Waals surface area contributed by atoms with Crippen LogP contribution in [0.3, 0.4) is 0 Å². The predicted octanol–water partition coefficient (Wildman–Crippen LogP) is 7.23. The molecule has 2 aliphatic heterocycles. The third kappa shape index (κ3) is 5.51. The zero-order valence-corrected chi connectivity index (χ0v) is 21.9.